The van der Waals surface area contributed by atoms with E-state index in [1.807, 2.05) is 6.07 Å². The molecule has 0 aliphatic heterocycles. The highest BCUT2D eigenvalue weighted by Gasteiger charge is 2.19. The minimum absolute atomic E-state index is 0.0559. The topological polar surface area (TPSA) is 70.0 Å². The zero-order valence-electron chi connectivity index (χ0n) is 8.64. The predicted octanol–water partition coefficient (Wildman–Crippen LogP) is 0.858. The highest BCUT2D eigenvalue weighted by Crippen LogP contribution is 2.14. The van der Waals surface area contributed by atoms with E-state index in [9.17, 15) is 8.42 Å². The van der Waals surface area contributed by atoms with Crippen molar-refractivity contribution >= 4 is 10.0 Å². The Morgan fingerprint density at radius 3 is 2.62 bits per heavy atom. The van der Waals surface area contributed by atoms with Crippen molar-refractivity contribution in [1.29, 1.82) is 5.26 Å². The average molecular weight is 234 g/mol. The van der Waals surface area contributed by atoms with Crippen LogP contribution in [0, 0.1) is 23.7 Å². The van der Waals surface area contributed by atoms with Crippen molar-refractivity contribution in [2.75, 3.05) is 0 Å². The van der Waals surface area contributed by atoms with E-state index in [0.29, 0.717) is 0 Å². The van der Waals surface area contributed by atoms with E-state index in [1.54, 1.807) is 19.1 Å². The molecule has 0 aliphatic rings. The highest BCUT2D eigenvalue weighted by atomic mass is 32.2. The number of nitrogens with zero attached hydrogens (tertiary/aromatic N) is 1. The molecule has 0 aromatic heterocycles. The van der Waals surface area contributed by atoms with E-state index in [0.717, 1.165) is 0 Å². The third-order valence-corrected chi connectivity index (χ3v) is 3.48. The second-order valence-corrected chi connectivity index (χ2v) is 4.80. The normalized spacial score (nSPS) is 12.4. The molecule has 0 aliphatic carbocycles. The maximum Gasteiger partial charge on any atom is 0.242 e. The molecule has 1 atom stereocenters. The monoisotopic (exact) mass is 234 g/mol. The van der Waals surface area contributed by atoms with E-state index >= 15 is 0 Å². The molecule has 5 heteroatoms. The van der Waals surface area contributed by atoms with Gasteiger partial charge in [0.1, 0.15) is 6.07 Å². The Labute approximate surface area is 95.0 Å². The Morgan fingerprint density at radius 1 is 1.44 bits per heavy atom. The molecular formula is C11H10N2O2S. The van der Waals surface area contributed by atoms with Gasteiger partial charge in [-0.05, 0) is 19.1 Å². The van der Waals surface area contributed by atoms with Gasteiger partial charge in [0.15, 0.2) is 0 Å². The van der Waals surface area contributed by atoms with Crippen LogP contribution in [0.5, 0.6) is 0 Å². The van der Waals surface area contributed by atoms with E-state index < -0.39 is 16.1 Å². The van der Waals surface area contributed by atoms with Gasteiger partial charge in [0, 0.05) is 0 Å². The molecule has 0 bridgehead atoms. The summed E-state index contributed by atoms with van der Waals surface area (Å²) in [5, 5.41) is 8.79. The summed E-state index contributed by atoms with van der Waals surface area (Å²) < 4.78 is 25.9. The lowest BCUT2D eigenvalue weighted by atomic mass is 10.2. The number of hydrogen-bond acceptors (Lipinski definition) is 3. The van der Waals surface area contributed by atoms with Gasteiger partial charge >= 0.3 is 0 Å². The molecule has 0 fully saturated rings. The number of benzene rings is 1. The van der Waals surface area contributed by atoms with Crippen LogP contribution in [0.1, 0.15) is 12.5 Å². The van der Waals surface area contributed by atoms with Gasteiger partial charge in [-0.2, -0.15) is 9.98 Å². The molecule has 82 valence electrons. The molecule has 0 heterocycles. The van der Waals surface area contributed by atoms with Crippen LogP contribution in [0.2, 0.25) is 0 Å². The van der Waals surface area contributed by atoms with Crippen molar-refractivity contribution in [1.82, 2.24) is 4.72 Å². The number of sulfonamides is 1. The molecule has 0 saturated carbocycles. The molecule has 1 rings (SSSR count). The van der Waals surface area contributed by atoms with Gasteiger partial charge in [0.25, 0.3) is 0 Å². The fourth-order valence-corrected chi connectivity index (χ4v) is 2.44. The zero-order valence-corrected chi connectivity index (χ0v) is 9.45. The van der Waals surface area contributed by atoms with Crippen LogP contribution in [0.25, 0.3) is 0 Å². The van der Waals surface area contributed by atoms with Crippen molar-refractivity contribution in [3.8, 4) is 18.4 Å². The Morgan fingerprint density at radius 2 is 2.06 bits per heavy atom. The first-order valence-corrected chi connectivity index (χ1v) is 5.97. The molecule has 1 aromatic carbocycles. The molecule has 0 radical (unpaired) electrons. The van der Waals surface area contributed by atoms with Gasteiger partial charge in [-0.25, -0.2) is 8.42 Å². The van der Waals surface area contributed by atoms with Crippen LogP contribution >= 0.6 is 0 Å². The number of terminal acetylenes is 1. The lowest BCUT2D eigenvalue weighted by Gasteiger charge is -2.09. The smallest absolute Gasteiger partial charge is 0.207 e. The molecular weight excluding hydrogens is 224 g/mol. The maximum atomic E-state index is 11.8. The zero-order chi connectivity index (χ0) is 12.2. The van der Waals surface area contributed by atoms with Crippen LogP contribution in [0.3, 0.4) is 0 Å². The van der Waals surface area contributed by atoms with Crippen LogP contribution in [-0.2, 0) is 10.0 Å². The van der Waals surface area contributed by atoms with E-state index in [1.165, 1.54) is 12.1 Å². The minimum atomic E-state index is -3.73. The fourth-order valence-electron chi connectivity index (χ4n) is 1.12. The van der Waals surface area contributed by atoms with Crippen LogP contribution in [0.4, 0.5) is 0 Å². The molecule has 1 N–H and O–H groups in total. The molecule has 0 amide bonds. The molecule has 1 unspecified atom stereocenters. The number of hydrogen-bond donors (Lipinski definition) is 1. The molecule has 0 saturated heterocycles. The van der Waals surface area contributed by atoms with Crippen LogP contribution in [-0.4, -0.2) is 14.5 Å². The van der Waals surface area contributed by atoms with Gasteiger partial charge in [-0.15, -0.1) is 6.42 Å². The van der Waals surface area contributed by atoms with Gasteiger partial charge in [-0.1, -0.05) is 18.1 Å². The highest BCUT2D eigenvalue weighted by molar-refractivity contribution is 7.89. The summed E-state index contributed by atoms with van der Waals surface area (Å²) in [4.78, 5) is -0.0559. The van der Waals surface area contributed by atoms with Gasteiger partial charge in [0.2, 0.25) is 10.0 Å². The SMILES string of the molecule is C#CC(C)NS(=O)(=O)c1ccccc1C#N. The maximum absolute atomic E-state index is 11.8. The summed E-state index contributed by atoms with van der Waals surface area (Å²) in [6, 6.07) is 7.16. The van der Waals surface area contributed by atoms with Crippen LogP contribution in [0.15, 0.2) is 29.2 Å². The van der Waals surface area contributed by atoms with E-state index in [2.05, 4.69) is 10.6 Å². The fraction of sp³-hybridized carbons (Fsp3) is 0.182. The van der Waals surface area contributed by atoms with Crippen LogP contribution < -0.4 is 4.72 Å². The number of nitrogens with one attached hydrogen (secondary N) is 1. The number of nitriles is 1. The van der Waals surface area contributed by atoms with Gasteiger partial charge < -0.3 is 0 Å². The Bertz CT molecular complexity index is 564. The first-order valence-electron chi connectivity index (χ1n) is 4.49. The summed E-state index contributed by atoms with van der Waals surface area (Å²) in [5.41, 5.74) is 0.0965. The predicted molar refractivity (Wildman–Crippen MR) is 59.8 cm³/mol. The molecule has 1 aromatic rings. The van der Waals surface area contributed by atoms with Crippen molar-refractivity contribution in [2.24, 2.45) is 0 Å². The summed E-state index contributed by atoms with van der Waals surface area (Å²) in [7, 11) is -3.73. The summed E-state index contributed by atoms with van der Waals surface area (Å²) in [5.74, 6) is 2.26. The van der Waals surface area contributed by atoms with Gasteiger partial charge in [0.05, 0.1) is 16.5 Å². The standard InChI is InChI=1S/C11H10N2O2S/c1-3-9(2)13-16(14,15)11-7-5-4-6-10(11)8-12/h1,4-7,9,13H,2H3. The van der Waals surface area contributed by atoms with Crippen molar-refractivity contribution < 1.29 is 8.42 Å². The number of rotatable bonds is 3. The van der Waals surface area contributed by atoms with Crippen molar-refractivity contribution in [3.63, 3.8) is 0 Å². The molecule has 16 heavy (non-hydrogen) atoms. The average Bonchev–Trinajstić information content (AvgIpc) is 2.28. The summed E-state index contributed by atoms with van der Waals surface area (Å²) in [6.07, 6.45) is 5.09. The van der Waals surface area contributed by atoms with Crippen molar-refractivity contribution in [2.45, 2.75) is 17.9 Å². The first kappa shape index (κ1) is 12.3. The second-order valence-electron chi connectivity index (χ2n) is 3.12. The third-order valence-electron chi connectivity index (χ3n) is 1.88. The largest absolute Gasteiger partial charge is 0.242 e. The van der Waals surface area contributed by atoms with E-state index in [-0.39, 0.29) is 10.5 Å². The lowest BCUT2D eigenvalue weighted by molar-refractivity contribution is 0.577. The Kier molecular flexibility index (Phi) is 3.68. The summed E-state index contributed by atoms with van der Waals surface area (Å²) in [6.45, 7) is 1.55. The van der Waals surface area contributed by atoms with Crippen molar-refractivity contribution in [3.05, 3.63) is 29.8 Å². The van der Waals surface area contributed by atoms with Gasteiger partial charge in [-0.3, -0.25) is 0 Å². The third kappa shape index (κ3) is 2.60. The minimum Gasteiger partial charge on any atom is -0.207 e. The Balaban J connectivity index is 3.20. The van der Waals surface area contributed by atoms with E-state index in [4.69, 9.17) is 11.7 Å². The first-order chi connectivity index (χ1) is 7.51. The quantitative estimate of drug-likeness (QED) is 0.788. The summed E-state index contributed by atoms with van der Waals surface area (Å²) >= 11 is 0. The molecule has 4 nitrogen and oxygen atoms in total. The Hall–Kier alpha value is -1.82. The molecule has 0 spiro atoms. The second kappa shape index (κ2) is 4.80. The lowest BCUT2D eigenvalue weighted by Crippen LogP contribution is -2.31.